The first-order valence-electron chi connectivity index (χ1n) is 10.4. The van der Waals surface area contributed by atoms with Crippen molar-refractivity contribution in [1.82, 2.24) is 0 Å². The van der Waals surface area contributed by atoms with Crippen molar-refractivity contribution in [1.29, 1.82) is 0 Å². The second-order valence-electron chi connectivity index (χ2n) is 7.56. The number of ether oxygens (including phenoxy) is 4. The van der Waals surface area contributed by atoms with Crippen LogP contribution in [0, 0.1) is 0 Å². The first-order valence-corrected chi connectivity index (χ1v) is 12.2. The maximum Gasteiger partial charge on any atom is 0.406 e. The van der Waals surface area contributed by atoms with Gasteiger partial charge in [0.15, 0.2) is 0 Å². The molecule has 0 aromatic heterocycles. The van der Waals surface area contributed by atoms with Crippen molar-refractivity contribution < 1.29 is 37.0 Å². The van der Waals surface area contributed by atoms with Gasteiger partial charge >= 0.3 is 6.09 Å². The summed E-state index contributed by atoms with van der Waals surface area (Å²) >= 11 is 6.24. The van der Waals surface area contributed by atoms with E-state index in [1.807, 2.05) is 0 Å². The van der Waals surface area contributed by atoms with Crippen LogP contribution in [0.4, 0.5) is 10.5 Å². The van der Waals surface area contributed by atoms with Gasteiger partial charge in [0.25, 0.3) is 15.9 Å². The number of carbonyl (C=O) groups is 2. The Labute approximate surface area is 212 Å². The van der Waals surface area contributed by atoms with Crippen LogP contribution in [-0.4, -0.2) is 41.7 Å². The molecule has 0 spiro atoms. The summed E-state index contributed by atoms with van der Waals surface area (Å²) in [6, 6.07) is 14.3. The highest BCUT2D eigenvalue weighted by molar-refractivity contribution is 7.93. The average molecular weight is 533 g/mol. The number of rotatable bonds is 7. The lowest BCUT2D eigenvalue weighted by atomic mass is 9.86. The molecule has 2 N–H and O–H groups in total. The molecule has 0 radical (unpaired) electrons. The number of fused-ring (bicyclic) bond motifs is 1. The van der Waals surface area contributed by atoms with Crippen LogP contribution in [0.1, 0.15) is 11.1 Å². The summed E-state index contributed by atoms with van der Waals surface area (Å²) in [6.07, 6.45) is -1.32. The summed E-state index contributed by atoms with van der Waals surface area (Å²) in [7, 11) is -0.583. The monoisotopic (exact) mass is 532 g/mol. The lowest BCUT2D eigenvalue weighted by Crippen LogP contribution is -2.47. The predicted molar refractivity (Wildman–Crippen MR) is 130 cm³/mol. The molecule has 3 aromatic carbocycles. The summed E-state index contributed by atoms with van der Waals surface area (Å²) in [4.78, 5) is 26.0. The average Bonchev–Trinajstić information content (AvgIpc) is 3.11. The Morgan fingerprint density at radius 2 is 1.61 bits per heavy atom. The van der Waals surface area contributed by atoms with Gasteiger partial charge in [0, 0.05) is 16.7 Å². The molecule has 188 valence electrons. The van der Waals surface area contributed by atoms with Crippen molar-refractivity contribution in [2.75, 3.05) is 25.6 Å². The standard InChI is InChI=1S/C24H21ClN2O8S/c1-32-15-9-11-21(20(13-15)34-3)36(30,31)27-18-10-8-14(25)12-17(18)24(22(27)28,35-23(26)29)16-6-4-5-7-19(16)33-2/h4-13H,1-3H3,(H2,26,29). The number of primary amides is 1. The molecule has 10 nitrogen and oxygen atoms in total. The summed E-state index contributed by atoms with van der Waals surface area (Å²) in [5.74, 6) is -0.699. The van der Waals surface area contributed by atoms with Crippen LogP contribution >= 0.6 is 11.6 Å². The smallest absolute Gasteiger partial charge is 0.406 e. The first kappa shape index (κ1) is 25.1. The van der Waals surface area contributed by atoms with Crippen molar-refractivity contribution in [3.63, 3.8) is 0 Å². The Balaban J connectivity index is 2.05. The van der Waals surface area contributed by atoms with Gasteiger partial charge in [-0.3, -0.25) is 4.79 Å². The zero-order valence-corrected chi connectivity index (χ0v) is 20.9. The molecule has 0 saturated heterocycles. The van der Waals surface area contributed by atoms with E-state index in [1.165, 1.54) is 69.9 Å². The lowest BCUT2D eigenvalue weighted by molar-refractivity contribution is -0.131. The first-order chi connectivity index (χ1) is 17.1. The molecule has 2 amide bonds. The molecule has 3 aromatic rings. The minimum Gasteiger partial charge on any atom is -0.497 e. The van der Waals surface area contributed by atoms with Crippen LogP contribution in [0.25, 0.3) is 0 Å². The maximum absolute atomic E-state index is 14.2. The number of carbonyl (C=O) groups excluding carboxylic acids is 2. The summed E-state index contributed by atoms with van der Waals surface area (Å²) < 4.78 is 49.8. The summed E-state index contributed by atoms with van der Waals surface area (Å²) in [6.45, 7) is 0. The van der Waals surface area contributed by atoms with Gasteiger partial charge in [-0.1, -0.05) is 29.8 Å². The number of hydrogen-bond acceptors (Lipinski definition) is 8. The van der Waals surface area contributed by atoms with E-state index in [9.17, 15) is 18.0 Å². The molecule has 1 aliphatic rings. The van der Waals surface area contributed by atoms with Crippen molar-refractivity contribution in [3.8, 4) is 17.2 Å². The number of methoxy groups -OCH3 is 3. The third-order valence-corrected chi connectivity index (χ3v) is 7.64. The maximum atomic E-state index is 14.2. The number of sulfonamides is 1. The van der Waals surface area contributed by atoms with Crippen LogP contribution in [0.15, 0.2) is 65.6 Å². The van der Waals surface area contributed by atoms with Gasteiger partial charge in [-0.05, 0) is 36.4 Å². The summed E-state index contributed by atoms with van der Waals surface area (Å²) in [5.41, 5.74) is 3.04. The second kappa shape index (κ2) is 9.25. The number of anilines is 1. The van der Waals surface area contributed by atoms with E-state index in [-0.39, 0.29) is 38.2 Å². The van der Waals surface area contributed by atoms with Crippen LogP contribution in [0.3, 0.4) is 0 Å². The SMILES string of the molecule is COc1ccc(S(=O)(=O)N2C(=O)C(OC(N)=O)(c3ccccc3OC)c3cc(Cl)ccc32)c(OC)c1. The highest BCUT2D eigenvalue weighted by atomic mass is 35.5. The molecular formula is C24H21ClN2O8S. The molecule has 1 atom stereocenters. The third-order valence-electron chi connectivity index (χ3n) is 5.67. The zero-order chi connectivity index (χ0) is 26.3. The molecule has 0 bridgehead atoms. The predicted octanol–water partition coefficient (Wildman–Crippen LogP) is 3.44. The highest BCUT2D eigenvalue weighted by Crippen LogP contribution is 2.52. The third kappa shape index (κ3) is 3.76. The molecule has 12 heteroatoms. The van der Waals surface area contributed by atoms with E-state index in [4.69, 9.17) is 36.3 Å². The van der Waals surface area contributed by atoms with Gasteiger partial charge in [-0.2, -0.15) is 4.31 Å². The number of amides is 2. The topological polar surface area (TPSA) is 134 Å². The molecule has 36 heavy (non-hydrogen) atoms. The number of benzene rings is 3. The Morgan fingerprint density at radius 1 is 0.917 bits per heavy atom. The van der Waals surface area contributed by atoms with E-state index < -0.39 is 27.6 Å². The fourth-order valence-corrected chi connectivity index (χ4v) is 5.93. The molecule has 0 aliphatic carbocycles. The van der Waals surface area contributed by atoms with E-state index >= 15 is 0 Å². The number of nitrogens with zero attached hydrogens (tertiary/aromatic N) is 1. The van der Waals surface area contributed by atoms with Crippen LogP contribution in [-0.2, 0) is 25.2 Å². The summed E-state index contributed by atoms with van der Waals surface area (Å²) in [5, 5.41) is 0.162. The Kier molecular flexibility index (Phi) is 6.46. The Hall–Kier alpha value is -3.96. The molecule has 1 aliphatic heterocycles. The van der Waals surface area contributed by atoms with Gasteiger partial charge in [-0.25, -0.2) is 13.2 Å². The molecular weight excluding hydrogens is 512 g/mol. The van der Waals surface area contributed by atoms with Crippen LogP contribution in [0.5, 0.6) is 17.2 Å². The number of nitrogens with two attached hydrogens (primary N) is 1. The molecule has 0 saturated carbocycles. The van der Waals surface area contributed by atoms with E-state index in [0.29, 0.717) is 10.1 Å². The Morgan fingerprint density at radius 3 is 2.25 bits per heavy atom. The zero-order valence-electron chi connectivity index (χ0n) is 19.4. The minimum absolute atomic E-state index is 0.0145. The van der Waals surface area contributed by atoms with Crippen molar-refractivity contribution in [3.05, 3.63) is 76.8 Å². The fourth-order valence-electron chi connectivity index (χ4n) is 4.16. The van der Waals surface area contributed by atoms with Gasteiger partial charge in [-0.15, -0.1) is 0 Å². The normalized spacial score (nSPS) is 16.9. The van der Waals surface area contributed by atoms with Crippen molar-refractivity contribution in [2.45, 2.75) is 10.5 Å². The molecule has 0 fully saturated rings. The molecule has 4 rings (SSSR count). The van der Waals surface area contributed by atoms with Gasteiger partial charge < -0.3 is 24.7 Å². The van der Waals surface area contributed by atoms with Gasteiger partial charge in [0.05, 0.1) is 32.6 Å². The van der Waals surface area contributed by atoms with Crippen LogP contribution < -0.4 is 24.2 Å². The lowest BCUT2D eigenvalue weighted by Gasteiger charge is -2.29. The quantitative estimate of drug-likeness (QED) is 0.489. The fraction of sp³-hybridized carbons (Fsp3) is 0.167. The van der Waals surface area contributed by atoms with Gasteiger partial charge in [0.1, 0.15) is 22.1 Å². The minimum atomic E-state index is -4.63. The number of para-hydroxylation sites is 1. The van der Waals surface area contributed by atoms with Crippen molar-refractivity contribution >= 4 is 39.3 Å². The van der Waals surface area contributed by atoms with Gasteiger partial charge in [0.2, 0.25) is 5.60 Å². The highest BCUT2D eigenvalue weighted by Gasteiger charge is 2.60. The van der Waals surface area contributed by atoms with E-state index in [1.54, 1.807) is 12.1 Å². The molecule has 1 heterocycles. The van der Waals surface area contributed by atoms with Crippen LogP contribution in [0.2, 0.25) is 5.02 Å². The largest absolute Gasteiger partial charge is 0.497 e. The van der Waals surface area contributed by atoms with E-state index in [0.717, 1.165) is 0 Å². The van der Waals surface area contributed by atoms with E-state index in [2.05, 4.69) is 0 Å². The number of halogens is 1. The Bertz CT molecular complexity index is 1480. The van der Waals surface area contributed by atoms with Crippen molar-refractivity contribution in [2.24, 2.45) is 5.73 Å². The number of hydrogen-bond donors (Lipinski definition) is 1. The second-order valence-corrected chi connectivity index (χ2v) is 9.75. The molecule has 1 unspecified atom stereocenters.